The monoisotopic (exact) mass is 362 g/mol. The Balaban J connectivity index is 1.61. The van der Waals surface area contributed by atoms with E-state index in [0.29, 0.717) is 32.5 Å². The van der Waals surface area contributed by atoms with E-state index in [4.69, 9.17) is 4.74 Å². The van der Waals surface area contributed by atoms with Gasteiger partial charge in [0.15, 0.2) is 0 Å². The maximum absolute atomic E-state index is 12.6. The van der Waals surface area contributed by atoms with Gasteiger partial charge in [-0.25, -0.2) is 4.79 Å². The van der Waals surface area contributed by atoms with Gasteiger partial charge in [-0.2, -0.15) is 0 Å². The number of anilines is 1. The molecule has 1 aromatic rings. The SMILES string of the molecule is O=C(NC[C@H]1CCCO1)[C@H]1CCCN1C(=O)Nc1ccccc1[N+](=O)[O-]. The Labute approximate surface area is 150 Å². The number of rotatable bonds is 5. The van der Waals surface area contributed by atoms with Crippen LogP contribution in [0, 0.1) is 10.1 Å². The van der Waals surface area contributed by atoms with Crippen LogP contribution in [0.3, 0.4) is 0 Å². The number of carbonyl (C=O) groups excluding carboxylic acids is 2. The predicted molar refractivity (Wildman–Crippen MR) is 93.8 cm³/mol. The normalized spacial score (nSPS) is 22.2. The van der Waals surface area contributed by atoms with E-state index in [2.05, 4.69) is 10.6 Å². The van der Waals surface area contributed by atoms with Crippen LogP contribution < -0.4 is 10.6 Å². The summed E-state index contributed by atoms with van der Waals surface area (Å²) in [4.78, 5) is 37.0. The average molecular weight is 362 g/mol. The molecule has 9 nitrogen and oxygen atoms in total. The maximum Gasteiger partial charge on any atom is 0.322 e. The van der Waals surface area contributed by atoms with Gasteiger partial charge in [-0.15, -0.1) is 0 Å². The molecule has 0 aliphatic carbocycles. The Hall–Kier alpha value is -2.68. The summed E-state index contributed by atoms with van der Waals surface area (Å²) in [5, 5.41) is 16.5. The molecule has 9 heteroatoms. The fourth-order valence-electron chi connectivity index (χ4n) is 3.35. The number of likely N-dealkylation sites (tertiary alicyclic amines) is 1. The van der Waals surface area contributed by atoms with Gasteiger partial charge >= 0.3 is 6.03 Å². The summed E-state index contributed by atoms with van der Waals surface area (Å²) in [6.07, 6.45) is 3.24. The zero-order valence-corrected chi connectivity index (χ0v) is 14.3. The first-order valence-corrected chi connectivity index (χ1v) is 8.76. The molecule has 26 heavy (non-hydrogen) atoms. The van der Waals surface area contributed by atoms with Crippen molar-refractivity contribution in [2.24, 2.45) is 0 Å². The van der Waals surface area contributed by atoms with Crippen molar-refractivity contribution in [1.82, 2.24) is 10.2 Å². The summed E-state index contributed by atoms with van der Waals surface area (Å²) < 4.78 is 5.48. The number of carbonyl (C=O) groups is 2. The van der Waals surface area contributed by atoms with Crippen LogP contribution in [0.4, 0.5) is 16.2 Å². The van der Waals surface area contributed by atoms with Crippen LogP contribution in [-0.2, 0) is 9.53 Å². The van der Waals surface area contributed by atoms with E-state index in [1.165, 1.54) is 23.1 Å². The third-order valence-electron chi connectivity index (χ3n) is 4.69. The Morgan fingerprint density at radius 1 is 1.27 bits per heavy atom. The summed E-state index contributed by atoms with van der Waals surface area (Å²) in [6.45, 7) is 1.59. The molecule has 0 bridgehead atoms. The van der Waals surface area contributed by atoms with Crippen molar-refractivity contribution >= 4 is 23.3 Å². The fraction of sp³-hybridized carbons (Fsp3) is 0.529. The average Bonchev–Trinajstić information content (AvgIpc) is 3.31. The van der Waals surface area contributed by atoms with Gasteiger partial charge in [-0.3, -0.25) is 14.9 Å². The lowest BCUT2D eigenvalue weighted by Gasteiger charge is -2.24. The minimum Gasteiger partial charge on any atom is -0.376 e. The second-order valence-electron chi connectivity index (χ2n) is 6.44. The smallest absolute Gasteiger partial charge is 0.322 e. The largest absolute Gasteiger partial charge is 0.376 e. The highest BCUT2D eigenvalue weighted by Gasteiger charge is 2.35. The molecule has 2 fully saturated rings. The van der Waals surface area contributed by atoms with Gasteiger partial charge < -0.3 is 20.3 Å². The van der Waals surface area contributed by atoms with E-state index >= 15 is 0 Å². The molecule has 2 aliphatic heterocycles. The van der Waals surface area contributed by atoms with Crippen LogP contribution in [0.25, 0.3) is 0 Å². The third-order valence-corrected chi connectivity index (χ3v) is 4.69. The molecule has 140 valence electrons. The van der Waals surface area contributed by atoms with E-state index in [1.54, 1.807) is 6.07 Å². The van der Waals surface area contributed by atoms with E-state index in [9.17, 15) is 19.7 Å². The summed E-state index contributed by atoms with van der Waals surface area (Å²) >= 11 is 0. The van der Waals surface area contributed by atoms with Gasteiger partial charge in [-0.05, 0) is 31.7 Å². The van der Waals surface area contributed by atoms with Crippen molar-refractivity contribution in [3.63, 3.8) is 0 Å². The van der Waals surface area contributed by atoms with Crippen LogP contribution in [-0.4, -0.2) is 53.6 Å². The van der Waals surface area contributed by atoms with Gasteiger partial charge in [0, 0.05) is 25.8 Å². The summed E-state index contributed by atoms with van der Waals surface area (Å²) in [6, 6.07) is 4.86. The Bertz CT molecular complexity index is 689. The van der Waals surface area contributed by atoms with E-state index in [-0.39, 0.29) is 23.4 Å². The fourth-order valence-corrected chi connectivity index (χ4v) is 3.35. The second-order valence-corrected chi connectivity index (χ2v) is 6.44. The van der Waals surface area contributed by atoms with Crippen molar-refractivity contribution in [1.29, 1.82) is 0 Å². The summed E-state index contributed by atoms with van der Waals surface area (Å²) in [5.41, 5.74) is -0.0626. The lowest BCUT2D eigenvalue weighted by Crippen LogP contribution is -2.48. The molecule has 1 aromatic carbocycles. The molecular formula is C17H22N4O5. The van der Waals surface area contributed by atoms with E-state index in [0.717, 1.165) is 12.8 Å². The van der Waals surface area contributed by atoms with Crippen LogP contribution >= 0.6 is 0 Å². The highest BCUT2D eigenvalue weighted by Crippen LogP contribution is 2.25. The van der Waals surface area contributed by atoms with Gasteiger partial charge in [-0.1, -0.05) is 12.1 Å². The molecule has 0 aromatic heterocycles. The zero-order chi connectivity index (χ0) is 18.5. The highest BCUT2D eigenvalue weighted by molar-refractivity contribution is 5.95. The number of urea groups is 1. The number of nitrogens with zero attached hydrogens (tertiary/aromatic N) is 2. The Morgan fingerprint density at radius 3 is 2.81 bits per heavy atom. The molecule has 0 radical (unpaired) electrons. The first-order chi connectivity index (χ1) is 12.6. The Morgan fingerprint density at radius 2 is 2.08 bits per heavy atom. The van der Waals surface area contributed by atoms with Gasteiger partial charge in [0.1, 0.15) is 11.7 Å². The molecule has 2 aliphatic rings. The number of benzene rings is 1. The number of nitro groups is 1. The van der Waals surface area contributed by atoms with Gasteiger partial charge in [0.05, 0.1) is 11.0 Å². The predicted octanol–water partition coefficient (Wildman–Crippen LogP) is 1.89. The molecule has 0 saturated carbocycles. The van der Waals surface area contributed by atoms with Crippen LogP contribution in [0.15, 0.2) is 24.3 Å². The third kappa shape index (κ3) is 4.10. The number of nitro benzene ring substituents is 1. The lowest BCUT2D eigenvalue weighted by atomic mass is 10.2. The minimum atomic E-state index is -0.570. The summed E-state index contributed by atoms with van der Waals surface area (Å²) in [5.74, 6) is -0.212. The molecule has 0 spiro atoms. The van der Waals surface area contributed by atoms with E-state index in [1.807, 2.05) is 0 Å². The van der Waals surface area contributed by atoms with Gasteiger partial charge in [0.2, 0.25) is 5.91 Å². The molecular weight excluding hydrogens is 340 g/mol. The molecule has 2 N–H and O–H groups in total. The Kier molecular flexibility index (Phi) is 5.67. The molecule has 2 heterocycles. The second kappa shape index (κ2) is 8.13. The summed E-state index contributed by atoms with van der Waals surface area (Å²) in [7, 11) is 0. The maximum atomic E-state index is 12.6. The molecule has 0 unspecified atom stereocenters. The zero-order valence-electron chi connectivity index (χ0n) is 14.3. The van der Waals surface area contributed by atoms with E-state index < -0.39 is 17.0 Å². The van der Waals surface area contributed by atoms with Crippen molar-refractivity contribution in [3.05, 3.63) is 34.4 Å². The van der Waals surface area contributed by atoms with Crippen molar-refractivity contribution in [2.75, 3.05) is 25.0 Å². The number of hydrogen-bond acceptors (Lipinski definition) is 5. The highest BCUT2D eigenvalue weighted by atomic mass is 16.6. The standard InChI is InChI=1S/C17H22N4O5/c22-16(18-11-12-5-4-10-26-12)15-8-3-9-20(15)17(23)19-13-6-1-2-7-14(13)21(24)25/h1-2,6-7,12,15H,3-5,8-11H2,(H,18,22)(H,19,23)/t12-,15-/m1/s1. The first kappa shape index (κ1) is 18.1. The molecule has 3 rings (SSSR count). The number of ether oxygens (including phenoxy) is 1. The quantitative estimate of drug-likeness (QED) is 0.613. The number of nitrogens with one attached hydrogen (secondary N) is 2. The number of amides is 3. The van der Waals surface area contributed by atoms with Crippen molar-refractivity contribution in [3.8, 4) is 0 Å². The molecule has 3 amide bonds. The van der Waals surface area contributed by atoms with Crippen molar-refractivity contribution in [2.45, 2.75) is 37.8 Å². The first-order valence-electron chi connectivity index (χ1n) is 8.76. The number of hydrogen-bond donors (Lipinski definition) is 2. The van der Waals surface area contributed by atoms with Crippen LogP contribution in [0.5, 0.6) is 0 Å². The van der Waals surface area contributed by atoms with Gasteiger partial charge in [0.25, 0.3) is 5.69 Å². The van der Waals surface area contributed by atoms with Crippen LogP contribution in [0.1, 0.15) is 25.7 Å². The topological polar surface area (TPSA) is 114 Å². The number of para-hydroxylation sites is 2. The minimum absolute atomic E-state index is 0.0367. The lowest BCUT2D eigenvalue weighted by molar-refractivity contribution is -0.383. The van der Waals surface area contributed by atoms with Crippen LogP contribution in [0.2, 0.25) is 0 Å². The molecule has 2 atom stereocenters. The van der Waals surface area contributed by atoms with Crippen molar-refractivity contribution < 1.29 is 19.2 Å². The molecule has 2 saturated heterocycles.